The second-order valence-electron chi connectivity index (χ2n) is 5.80. The van der Waals surface area contributed by atoms with Gasteiger partial charge in [-0.05, 0) is 48.6 Å². The lowest BCUT2D eigenvalue weighted by Gasteiger charge is -2.30. The maximum atomic E-state index is 5.90. The normalized spacial score (nSPS) is 14.1. The molecule has 2 N–H and O–H groups in total. The summed E-state index contributed by atoms with van der Waals surface area (Å²) >= 11 is 13.1. The van der Waals surface area contributed by atoms with E-state index in [2.05, 4.69) is 33.7 Å². The Morgan fingerprint density at radius 3 is 2.62 bits per heavy atom. The van der Waals surface area contributed by atoms with Crippen molar-refractivity contribution in [2.24, 2.45) is 0 Å². The van der Waals surface area contributed by atoms with E-state index in [1.807, 2.05) is 30.3 Å². The van der Waals surface area contributed by atoms with Crippen LogP contribution >= 0.6 is 35.6 Å². The van der Waals surface area contributed by atoms with E-state index < -0.39 is 0 Å². The van der Waals surface area contributed by atoms with E-state index in [9.17, 15) is 0 Å². The number of nitrogens with zero attached hydrogens (tertiary/aromatic N) is 1. The average molecular weight is 408 g/mol. The van der Waals surface area contributed by atoms with E-state index in [1.165, 1.54) is 4.90 Å². The van der Waals surface area contributed by atoms with Gasteiger partial charge < -0.3 is 20.3 Å². The molecule has 0 aromatic heterocycles. The smallest absolute Gasteiger partial charge is 0.170 e. The van der Waals surface area contributed by atoms with E-state index in [0.29, 0.717) is 5.11 Å². The Labute approximate surface area is 169 Å². The number of ether oxygens (including phenoxy) is 1. The van der Waals surface area contributed by atoms with E-state index in [-0.39, 0.29) is 0 Å². The lowest BCUT2D eigenvalue weighted by molar-refractivity contribution is 0.123. The molecule has 0 bridgehead atoms. The predicted molar refractivity (Wildman–Crippen MR) is 116 cm³/mol. The van der Waals surface area contributed by atoms with Gasteiger partial charge in [0.2, 0.25) is 0 Å². The number of morpholine rings is 1. The first-order valence-corrected chi connectivity index (χ1v) is 10.3. The number of para-hydroxylation sites is 2. The largest absolute Gasteiger partial charge is 0.378 e. The van der Waals surface area contributed by atoms with E-state index >= 15 is 0 Å². The molecular formula is C19H22ClN3OS2. The van der Waals surface area contributed by atoms with Crippen LogP contribution in [0.4, 0.5) is 11.4 Å². The molecule has 2 aromatic rings. The van der Waals surface area contributed by atoms with E-state index in [0.717, 1.165) is 55.0 Å². The summed E-state index contributed by atoms with van der Waals surface area (Å²) in [7, 11) is 0. The molecule has 0 atom stereocenters. The van der Waals surface area contributed by atoms with Crippen LogP contribution in [0, 0.1) is 0 Å². The summed E-state index contributed by atoms with van der Waals surface area (Å²) in [4.78, 5) is 3.53. The van der Waals surface area contributed by atoms with Crippen LogP contribution in [0.15, 0.2) is 53.4 Å². The van der Waals surface area contributed by atoms with Crippen LogP contribution in [0.25, 0.3) is 0 Å². The third-order valence-corrected chi connectivity index (χ3v) is 5.49. The summed E-state index contributed by atoms with van der Waals surface area (Å²) in [5, 5.41) is 8.00. The molecule has 1 aliphatic rings. The third-order valence-electron chi connectivity index (χ3n) is 3.97. The first-order chi connectivity index (χ1) is 12.7. The molecule has 0 aliphatic carbocycles. The second kappa shape index (κ2) is 10.0. The van der Waals surface area contributed by atoms with Crippen molar-refractivity contribution < 1.29 is 4.74 Å². The number of hydrogen-bond acceptors (Lipinski definition) is 4. The number of anilines is 2. The maximum absolute atomic E-state index is 5.90. The van der Waals surface area contributed by atoms with Gasteiger partial charge in [-0.25, -0.2) is 0 Å². The number of halogens is 1. The number of hydrogen-bond donors (Lipinski definition) is 2. The Kier molecular flexibility index (Phi) is 7.43. The summed E-state index contributed by atoms with van der Waals surface area (Å²) in [5.74, 6) is 0.925. The summed E-state index contributed by atoms with van der Waals surface area (Å²) in [6.07, 6.45) is 0. The fourth-order valence-corrected chi connectivity index (χ4v) is 3.80. The van der Waals surface area contributed by atoms with E-state index in [1.54, 1.807) is 11.8 Å². The minimum atomic E-state index is 0.641. The number of thiocarbonyl (C=S) groups is 1. The summed E-state index contributed by atoms with van der Waals surface area (Å²) in [6, 6.07) is 16.1. The van der Waals surface area contributed by atoms with Gasteiger partial charge in [0.25, 0.3) is 0 Å². The van der Waals surface area contributed by atoms with Crippen LogP contribution in [0.5, 0.6) is 0 Å². The third kappa shape index (κ3) is 5.77. The highest BCUT2D eigenvalue weighted by Gasteiger charge is 2.14. The second-order valence-corrected chi connectivity index (χ2v) is 7.81. The van der Waals surface area contributed by atoms with Crippen LogP contribution in [0.2, 0.25) is 5.02 Å². The number of thioether (sulfide) groups is 1. The first kappa shape index (κ1) is 19.3. The topological polar surface area (TPSA) is 36.5 Å². The van der Waals surface area contributed by atoms with Crippen LogP contribution < -0.4 is 15.5 Å². The summed E-state index contributed by atoms with van der Waals surface area (Å²) in [5.41, 5.74) is 2.19. The molecule has 0 unspecified atom stereocenters. The van der Waals surface area contributed by atoms with Crippen molar-refractivity contribution in [3.63, 3.8) is 0 Å². The highest BCUT2D eigenvalue weighted by molar-refractivity contribution is 7.99. The van der Waals surface area contributed by atoms with Gasteiger partial charge in [-0.2, -0.15) is 0 Å². The highest BCUT2D eigenvalue weighted by Crippen LogP contribution is 2.26. The quantitative estimate of drug-likeness (QED) is 0.423. The Bertz CT molecular complexity index is 721. The Morgan fingerprint density at radius 2 is 1.85 bits per heavy atom. The van der Waals surface area contributed by atoms with Crippen molar-refractivity contribution in [1.82, 2.24) is 5.32 Å². The van der Waals surface area contributed by atoms with Crippen molar-refractivity contribution >= 4 is 52.1 Å². The molecule has 3 rings (SSSR count). The standard InChI is InChI=1S/C19H22ClN3OS2/c20-15-5-7-16(8-6-15)26-14-9-21-19(25)22-17-3-1-2-4-18(17)23-10-12-24-13-11-23/h1-8H,9-14H2,(H2,21,22,25). The van der Waals surface area contributed by atoms with Gasteiger partial charge in [-0.15, -0.1) is 11.8 Å². The zero-order valence-corrected chi connectivity index (χ0v) is 16.8. The minimum absolute atomic E-state index is 0.641. The zero-order chi connectivity index (χ0) is 18.2. The van der Waals surface area contributed by atoms with Crippen molar-refractivity contribution in [2.75, 3.05) is 48.8 Å². The maximum Gasteiger partial charge on any atom is 0.170 e. The van der Waals surface area contributed by atoms with Crippen LogP contribution in [0.1, 0.15) is 0 Å². The van der Waals surface area contributed by atoms with Gasteiger partial charge in [0, 0.05) is 35.3 Å². The van der Waals surface area contributed by atoms with Gasteiger partial charge >= 0.3 is 0 Å². The van der Waals surface area contributed by atoms with Crippen molar-refractivity contribution in [3.05, 3.63) is 53.6 Å². The van der Waals surface area contributed by atoms with Crippen LogP contribution in [-0.2, 0) is 4.74 Å². The number of rotatable bonds is 6. The molecule has 1 heterocycles. The SMILES string of the molecule is S=C(NCCSc1ccc(Cl)cc1)Nc1ccccc1N1CCOCC1. The number of benzene rings is 2. The predicted octanol–water partition coefficient (Wildman–Crippen LogP) is 4.26. The Balaban J connectivity index is 1.46. The van der Waals surface area contributed by atoms with Gasteiger partial charge in [0.15, 0.2) is 5.11 Å². The molecule has 0 amide bonds. The molecule has 1 saturated heterocycles. The number of nitrogens with one attached hydrogen (secondary N) is 2. The molecule has 2 aromatic carbocycles. The lowest BCUT2D eigenvalue weighted by atomic mass is 10.2. The Hall–Kier alpha value is -1.47. The highest BCUT2D eigenvalue weighted by atomic mass is 35.5. The summed E-state index contributed by atoms with van der Waals surface area (Å²) < 4.78 is 5.44. The minimum Gasteiger partial charge on any atom is -0.378 e. The molecule has 0 saturated carbocycles. The molecule has 7 heteroatoms. The zero-order valence-electron chi connectivity index (χ0n) is 14.4. The molecule has 0 radical (unpaired) electrons. The van der Waals surface area contributed by atoms with Crippen molar-refractivity contribution in [2.45, 2.75) is 4.90 Å². The monoisotopic (exact) mass is 407 g/mol. The van der Waals surface area contributed by atoms with Crippen molar-refractivity contribution in [1.29, 1.82) is 0 Å². The van der Waals surface area contributed by atoms with Gasteiger partial charge in [-0.3, -0.25) is 0 Å². The first-order valence-electron chi connectivity index (χ1n) is 8.57. The molecule has 26 heavy (non-hydrogen) atoms. The van der Waals surface area contributed by atoms with Gasteiger partial charge in [0.1, 0.15) is 0 Å². The van der Waals surface area contributed by atoms with Gasteiger partial charge in [-0.1, -0.05) is 23.7 Å². The molecule has 138 valence electrons. The van der Waals surface area contributed by atoms with Crippen LogP contribution in [-0.4, -0.2) is 43.7 Å². The molecule has 4 nitrogen and oxygen atoms in total. The molecular weight excluding hydrogens is 386 g/mol. The summed E-state index contributed by atoms with van der Waals surface area (Å²) in [6.45, 7) is 4.12. The molecule has 0 spiro atoms. The molecule has 1 fully saturated rings. The van der Waals surface area contributed by atoms with E-state index in [4.69, 9.17) is 28.6 Å². The Morgan fingerprint density at radius 1 is 1.12 bits per heavy atom. The fourth-order valence-electron chi connectivity index (χ4n) is 2.69. The molecule has 1 aliphatic heterocycles. The average Bonchev–Trinajstić information content (AvgIpc) is 2.68. The van der Waals surface area contributed by atoms with Gasteiger partial charge in [0.05, 0.1) is 24.6 Å². The van der Waals surface area contributed by atoms with Crippen molar-refractivity contribution in [3.8, 4) is 0 Å². The lowest BCUT2D eigenvalue weighted by Crippen LogP contribution is -2.37. The fraction of sp³-hybridized carbons (Fsp3) is 0.316. The van der Waals surface area contributed by atoms with Crippen LogP contribution in [0.3, 0.4) is 0 Å².